The maximum atomic E-state index is 12.7. The van der Waals surface area contributed by atoms with E-state index in [4.69, 9.17) is 9.15 Å². The van der Waals surface area contributed by atoms with Crippen LogP contribution >= 0.6 is 0 Å². The van der Waals surface area contributed by atoms with E-state index in [2.05, 4.69) is 0 Å². The van der Waals surface area contributed by atoms with Crippen LogP contribution in [-0.2, 0) is 14.3 Å². The lowest BCUT2D eigenvalue weighted by molar-refractivity contribution is -0.140. The van der Waals surface area contributed by atoms with Crippen LogP contribution < -0.4 is 0 Å². The van der Waals surface area contributed by atoms with E-state index in [1.165, 1.54) is 13.2 Å². The molecule has 1 aromatic carbocycles. The first-order valence-electron chi connectivity index (χ1n) is 8.89. The van der Waals surface area contributed by atoms with Crippen LogP contribution in [0.4, 0.5) is 0 Å². The number of hydrogen-bond donors (Lipinski definition) is 0. The number of imide groups is 1. The Bertz CT molecular complexity index is 1110. The van der Waals surface area contributed by atoms with Crippen molar-refractivity contribution in [3.63, 3.8) is 0 Å². The van der Waals surface area contributed by atoms with Gasteiger partial charge in [0.25, 0.3) is 11.8 Å². The molecule has 1 aromatic heterocycles. The number of amides is 2. The van der Waals surface area contributed by atoms with E-state index >= 15 is 0 Å². The molecule has 29 heavy (non-hydrogen) atoms. The summed E-state index contributed by atoms with van der Waals surface area (Å²) in [6.07, 6.45) is 1.51. The fourth-order valence-electron chi connectivity index (χ4n) is 3.06. The molecular weight excluding hydrogens is 372 g/mol. The van der Waals surface area contributed by atoms with Crippen molar-refractivity contribution in [2.45, 2.75) is 13.8 Å². The largest absolute Gasteiger partial charge is 0.465 e. The maximum Gasteiger partial charge on any atom is 0.337 e. The van der Waals surface area contributed by atoms with Gasteiger partial charge in [0.15, 0.2) is 0 Å². The van der Waals surface area contributed by atoms with E-state index < -0.39 is 17.8 Å². The van der Waals surface area contributed by atoms with Crippen molar-refractivity contribution in [3.8, 4) is 17.4 Å². The number of carbonyl (C=O) groups excluding carboxylic acids is 3. The molecule has 146 valence electrons. The highest BCUT2D eigenvalue weighted by molar-refractivity contribution is 6.19. The van der Waals surface area contributed by atoms with Crippen LogP contribution in [0.1, 0.15) is 30.0 Å². The molecule has 0 spiro atoms. The zero-order valence-electron chi connectivity index (χ0n) is 16.2. The Hall–Kier alpha value is -3.92. The Morgan fingerprint density at radius 1 is 1.24 bits per heavy atom. The molecule has 0 bridgehead atoms. The molecule has 7 heteroatoms. The van der Waals surface area contributed by atoms with Crippen LogP contribution in [0, 0.1) is 11.3 Å². The highest BCUT2D eigenvalue weighted by Gasteiger charge is 2.34. The molecule has 0 unspecified atom stereocenters. The average Bonchev–Trinajstić information content (AvgIpc) is 3.20. The minimum Gasteiger partial charge on any atom is -0.465 e. The fraction of sp³-hybridized carbons (Fsp3) is 0.182. The first kappa shape index (κ1) is 19.8. The van der Waals surface area contributed by atoms with Crippen LogP contribution in [0.3, 0.4) is 0 Å². The number of carbonyl (C=O) groups is 3. The molecule has 1 aliphatic rings. The van der Waals surface area contributed by atoms with Crippen LogP contribution in [-0.4, -0.2) is 36.3 Å². The van der Waals surface area contributed by atoms with Crippen molar-refractivity contribution < 1.29 is 23.5 Å². The van der Waals surface area contributed by atoms with E-state index in [0.717, 1.165) is 4.90 Å². The van der Waals surface area contributed by atoms with Crippen LogP contribution in [0.5, 0.6) is 0 Å². The van der Waals surface area contributed by atoms with Gasteiger partial charge in [0.1, 0.15) is 23.2 Å². The summed E-state index contributed by atoms with van der Waals surface area (Å²) < 4.78 is 10.5. The van der Waals surface area contributed by atoms with Crippen molar-refractivity contribution in [2.24, 2.45) is 0 Å². The number of ether oxygens (including phenoxy) is 1. The van der Waals surface area contributed by atoms with Crippen molar-refractivity contribution in [2.75, 3.05) is 13.7 Å². The van der Waals surface area contributed by atoms with Gasteiger partial charge in [0, 0.05) is 17.7 Å². The van der Waals surface area contributed by atoms with E-state index in [9.17, 15) is 19.6 Å². The highest BCUT2D eigenvalue weighted by atomic mass is 16.5. The third kappa shape index (κ3) is 3.60. The molecule has 2 aromatic rings. The minimum absolute atomic E-state index is 0.0599. The van der Waals surface area contributed by atoms with Gasteiger partial charge in [-0.15, -0.1) is 0 Å². The highest BCUT2D eigenvalue weighted by Crippen LogP contribution is 2.29. The Labute approximate surface area is 167 Å². The van der Waals surface area contributed by atoms with Crippen molar-refractivity contribution in [1.29, 1.82) is 5.26 Å². The summed E-state index contributed by atoms with van der Waals surface area (Å²) in [7, 11) is 1.31. The molecule has 0 N–H and O–H groups in total. The number of nitrogens with zero attached hydrogens (tertiary/aromatic N) is 2. The van der Waals surface area contributed by atoms with Gasteiger partial charge < -0.3 is 9.15 Å². The van der Waals surface area contributed by atoms with E-state index in [-0.39, 0.29) is 17.7 Å². The van der Waals surface area contributed by atoms with Crippen LogP contribution in [0.15, 0.2) is 57.5 Å². The summed E-state index contributed by atoms with van der Waals surface area (Å²) >= 11 is 0. The molecule has 3 rings (SSSR count). The van der Waals surface area contributed by atoms with Gasteiger partial charge in [-0.1, -0.05) is 12.1 Å². The second-order valence-corrected chi connectivity index (χ2v) is 6.30. The lowest BCUT2D eigenvalue weighted by atomic mass is 9.95. The van der Waals surface area contributed by atoms with Gasteiger partial charge in [0.05, 0.1) is 12.7 Å². The van der Waals surface area contributed by atoms with Gasteiger partial charge in [-0.25, -0.2) is 4.79 Å². The molecular formula is C22H18N2O5. The zero-order valence-corrected chi connectivity index (χ0v) is 16.2. The molecule has 0 saturated carbocycles. The molecule has 1 aliphatic heterocycles. The summed E-state index contributed by atoms with van der Waals surface area (Å²) in [5, 5.41) is 9.30. The maximum absolute atomic E-state index is 12.7. The molecule has 0 fully saturated rings. The molecule has 0 radical (unpaired) electrons. The van der Waals surface area contributed by atoms with Crippen LogP contribution in [0.2, 0.25) is 0 Å². The number of hydrogen-bond acceptors (Lipinski definition) is 6. The van der Waals surface area contributed by atoms with Gasteiger partial charge in [-0.05, 0) is 49.8 Å². The summed E-state index contributed by atoms with van der Waals surface area (Å²) in [6.45, 7) is 3.40. The minimum atomic E-state index is -0.589. The predicted octanol–water partition coefficient (Wildman–Crippen LogP) is 3.35. The van der Waals surface area contributed by atoms with E-state index in [1.54, 1.807) is 50.2 Å². The number of esters is 1. The van der Waals surface area contributed by atoms with E-state index in [1.807, 2.05) is 6.07 Å². The van der Waals surface area contributed by atoms with Crippen molar-refractivity contribution in [3.05, 3.63) is 64.4 Å². The lowest BCUT2D eigenvalue weighted by Gasteiger charge is -2.25. The second-order valence-electron chi connectivity index (χ2n) is 6.30. The Kier molecular flexibility index (Phi) is 5.46. The summed E-state index contributed by atoms with van der Waals surface area (Å²) in [4.78, 5) is 37.7. The smallest absolute Gasteiger partial charge is 0.337 e. The van der Waals surface area contributed by atoms with Crippen LogP contribution in [0.25, 0.3) is 17.4 Å². The normalized spacial score (nSPS) is 15.7. The van der Waals surface area contributed by atoms with Gasteiger partial charge in [-0.3, -0.25) is 14.5 Å². The fourth-order valence-corrected chi connectivity index (χ4v) is 3.06. The number of nitriles is 1. The topological polar surface area (TPSA) is 101 Å². The quantitative estimate of drug-likeness (QED) is 0.451. The van der Waals surface area contributed by atoms with Crippen molar-refractivity contribution in [1.82, 2.24) is 4.90 Å². The molecule has 0 atom stereocenters. The van der Waals surface area contributed by atoms with Gasteiger partial charge >= 0.3 is 5.97 Å². The van der Waals surface area contributed by atoms with Gasteiger partial charge in [-0.2, -0.15) is 5.26 Å². The Morgan fingerprint density at radius 2 is 2.00 bits per heavy atom. The predicted molar refractivity (Wildman–Crippen MR) is 104 cm³/mol. The van der Waals surface area contributed by atoms with E-state index in [0.29, 0.717) is 28.2 Å². The standard InChI is InChI=1S/C22H18N2O5/c1-4-24-20(25)17(13(2)18(12-23)21(24)26)11-16-8-9-19(29-16)14-6-5-7-15(10-14)22(27)28-3/h5-11H,4H2,1-3H3/b17-11+. The summed E-state index contributed by atoms with van der Waals surface area (Å²) in [5.74, 6) is -0.637. The summed E-state index contributed by atoms with van der Waals surface area (Å²) in [6, 6.07) is 12.0. The number of rotatable bonds is 4. The number of benzene rings is 1. The first-order valence-corrected chi connectivity index (χ1v) is 8.89. The third-order valence-corrected chi connectivity index (χ3v) is 4.62. The summed E-state index contributed by atoms with van der Waals surface area (Å²) in [5.41, 5.74) is 1.54. The molecule has 0 aliphatic carbocycles. The third-order valence-electron chi connectivity index (χ3n) is 4.62. The average molecular weight is 390 g/mol. The second kappa shape index (κ2) is 7.98. The SMILES string of the molecule is CCN1C(=O)C(C#N)=C(C)/C(=C\c2ccc(-c3cccc(C(=O)OC)c3)o2)C1=O. The van der Waals surface area contributed by atoms with Gasteiger partial charge in [0.2, 0.25) is 0 Å². The molecule has 2 heterocycles. The monoisotopic (exact) mass is 390 g/mol. The molecule has 0 saturated heterocycles. The zero-order chi connectivity index (χ0) is 21.1. The number of likely N-dealkylation sites (N-methyl/N-ethyl adjacent to an activating group) is 1. The van der Waals surface area contributed by atoms with Crippen molar-refractivity contribution >= 4 is 23.9 Å². The number of furan rings is 1. The number of methoxy groups -OCH3 is 1. The first-order chi connectivity index (χ1) is 13.9. The Balaban J connectivity index is 2.01. The molecule has 2 amide bonds. The lowest BCUT2D eigenvalue weighted by Crippen LogP contribution is -2.42. The molecule has 7 nitrogen and oxygen atoms in total. The Morgan fingerprint density at radius 3 is 2.66 bits per heavy atom.